The monoisotopic (exact) mass is 277 g/mol. The first-order valence-corrected chi connectivity index (χ1v) is 6.44. The third-order valence-electron chi connectivity index (χ3n) is 3.72. The second-order valence-corrected chi connectivity index (χ2v) is 5.20. The molecule has 1 aliphatic carbocycles. The molecule has 0 aromatic carbocycles. The molecule has 4 N–H and O–H groups in total. The molecule has 3 rings (SSSR count). The molecule has 1 aromatic heterocycles. The van der Waals surface area contributed by atoms with Crippen LogP contribution in [0.1, 0.15) is 41.4 Å². The minimum atomic E-state index is -0.833. The summed E-state index contributed by atoms with van der Waals surface area (Å²) in [4.78, 5) is 36.2. The van der Waals surface area contributed by atoms with Crippen molar-refractivity contribution in [2.75, 3.05) is 12.8 Å². The molecule has 106 valence electrons. The van der Waals surface area contributed by atoms with Gasteiger partial charge >= 0.3 is 0 Å². The van der Waals surface area contributed by atoms with Crippen LogP contribution in [0.15, 0.2) is 0 Å². The van der Waals surface area contributed by atoms with E-state index < -0.39 is 17.9 Å². The molecule has 0 radical (unpaired) electrons. The lowest BCUT2D eigenvalue weighted by atomic mass is 10.2. The number of likely N-dealkylation sites (tertiary alicyclic amines) is 1. The molecule has 2 aliphatic rings. The van der Waals surface area contributed by atoms with E-state index in [-0.39, 0.29) is 18.0 Å². The largest absolute Gasteiger partial charge is 0.395 e. The number of anilines is 1. The molecular formula is C12H15N5O3. The SMILES string of the molecule is CN1C(=O)CC(NC(=O)c2n[nH]c(C3CC3)c2N)C1=O. The van der Waals surface area contributed by atoms with Crippen molar-refractivity contribution in [2.24, 2.45) is 0 Å². The van der Waals surface area contributed by atoms with Crippen molar-refractivity contribution in [1.82, 2.24) is 20.4 Å². The Morgan fingerprint density at radius 3 is 2.70 bits per heavy atom. The van der Waals surface area contributed by atoms with Gasteiger partial charge in [-0.1, -0.05) is 0 Å². The molecule has 3 amide bonds. The zero-order valence-electron chi connectivity index (χ0n) is 11.0. The summed E-state index contributed by atoms with van der Waals surface area (Å²) in [5, 5.41) is 9.19. The number of hydrogen-bond donors (Lipinski definition) is 3. The van der Waals surface area contributed by atoms with Crippen LogP contribution < -0.4 is 11.1 Å². The molecule has 20 heavy (non-hydrogen) atoms. The van der Waals surface area contributed by atoms with Crippen LogP contribution in [0.25, 0.3) is 0 Å². The van der Waals surface area contributed by atoms with Gasteiger partial charge in [0.1, 0.15) is 6.04 Å². The highest BCUT2D eigenvalue weighted by Gasteiger charge is 2.38. The summed E-state index contributed by atoms with van der Waals surface area (Å²) < 4.78 is 0. The predicted octanol–water partition coefficient (Wildman–Crippen LogP) is -0.644. The molecule has 8 heteroatoms. The van der Waals surface area contributed by atoms with Crippen molar-refractivity contribution in [3.05, 3.63) is 11.4 Å². The molecule has 1 aliphatic heterocycles. The average molecular weight is 277 g/mol. The first-order chi connectivity index (χ1) is 9.49. The fraction of sp³-hybridized carbons (Fsp3) is 0.500. The molecule has 1 atom stereocenters. The van der Waals surface area contributed by atoms with E-state index in [0.717, 1.165) is 23.4 Å². The molecule has 2 heterocycles. The third kappa shape index (κ3) is 1.93. The summed E-state index contributed by atoms with van der Waals surface area (Å²) in [6, 6.07) is -0.833. The Balaban J connectivity index is 1.74. The summed E-state index contributed by atoms with van der Waals surface area (Å²) >= 11 is 0. The number of H-pyrrole nitrogens is 1. The minimum absolute atomic E-state index is 0.0269. The number of nitrogen functional groups attached to an aromatic ring is 1. The lowest BCUT2D eigenvalue weighted by Crippen LogP contribution is -2.41. The molecule has 1 unspecified atom stereocenters. The number of nitrogens with one attached hydrogen (secondary N) is 2. The van der Waals surface area contributed by atoms with Gasteiger partial charge in [-0.25, -0.2) is 0 Å². The Labute approximate surface area is 114 Å². The van der Waals surface area contributed by atoms with E-state index in [1.807, 2.05) is 0 Å². The van der Waals surface area contributed by atoms with Gasteiger partial charge in [0.2, 0.25) is 5.91 Å². The predicted molar refractivity (Wildman–Crippen MR) is 68.6 cm³/mol. The maximum absolute atomic E-state index is 12.1. The Bertz CT molecular complexity index is 604. The normalized spacial score (nSPS) is 22.4. The first-order valence-electron chi connectivity index (χ1n) is 6.44. The maximum atomic E-state index is 12.1. The maximum Gasteiger partial charge on any atom is 0.274 e. The summed E-state index contributed by atoms with van der Waals surface area (Å²) in [7, 11) is 1.39. The lowest BCUT2D eigenvalue weighted by Gasteiger charge is -2.10. The number of aromatic amines is 1. The van der Waals surface area contributed by atoms with Gasteiger partial charge in [-0.15, -0.1) is 0 Å². The number of likely N-dealkylation sites (N-methyl/N-ethyl adjacent to an activating group) is 1. The van der Waals surface area contributed by atoms with E-state index in [0.29, 0.717) is 11.6 Å². The average Bonchev–Trinajstić information content (AvgIpc) is 3.14. The Kier molecular flexibility index (Phi) is 2.73. The van der Waals surface area contributed by atoms with Gasteiger partial charge in [-0.05, 0) is 12.8 Å². The number of nitrogens with two attached hydrogens (primary N) is 1. The van der Waals surface area contributed by atoms with Gasteiger partial charge < -0.3 is 11.1 Å². The summed E-state index contributed by atoms with van der Waals surface area (Å²) in [5.74, 6) is -0.911. The highest BCUT2D eigenvalue weighted by molar-refractivity contribution is 6.08. The number of rotatable bonds is 3. The number of hydrogen-bond acceptors (Lipinski definition) is 5. The van der Waals surface area contributed by atoms with E-state index in [2.05, 4.69) is 15.5 Å². The van der Waals surface area contributed by atoms with Crippen molar-refractivity contribution in [2.45, 2.75) is 31.2 Å². The van der Waals surface area contributed by atoms with Crippen LogP contribution in [0.4, 0.5) is 5.69 Å². The fourth-order valence-electron chi connectivity index (χ4n) is 2.32. The lowest BCUT2D eigenvalue weighted by molar-refractivity contribution is -0.137. The number of amides is 3. The van der Waals surface area contributed by atoms with E-state index in [1.165, 1.54) is 7.05 Å². The van der Waals surface area contributed by atoms with Gasteiger partial charge in [0.15, 0.2) is 5.69 Å². The summed E-state index contributed by atoms with van der Waals surface area (Å²) in [6.07, 6.45) is 2.04. The van der Waals surface area contributed by atoms with E-state index >= 15 is 0 Å². The molecule has 1 saturated heterocycles. The molecule has 1 aromatic rings. The Morgan fingerprint density at radius 1 is 1.45 bits per heavy atom. The molecule has 2 fully saturated rings. The number of nitrogens with zero attached hydrogens (tertiary/aromatic N) is 2. The molecule has 8 nitrogen and oxygen atoms in total. The Morgan fingerprint density at radius 2 is 2.15 bits per heavy atom. The van der Waals surface area contributed by atoms with Gasteiger partial charge in [0.25, 0.3) is 11.8 Å². The van der Waals surface area contributed by atoms with Crippen LogP contribution in [0.5, 0.6) is 0 Å². The van der Waals surface area contributed by atoms with Gasteiger partial charge in [-0.3, -0.25) is 24.4 Å². The summed E-state index contributed by atoms with van der Waals surface area (Å²) in [5.41, 5.74) is 7.08. The van der Waals surface area contributed by atoms with E-state index in [4.69, 9.17) is 5.73 Å². The van der Waals surface area contributed by atoms with Crippen LogP contribution >= 0.6 is 0 Å². The van der Waals surface area contributed by atoms with Crippen LogP contribution in [0.3, 0.4) is 0 Å². The number of aromatic nitrogens is 2. The minimum Gasteiger partial charge on any atom is -0.395 e. The topological polar surface area (TPSA) is 121 Å². The number of carbonyl (C=O) groups excluding carboxylic acids is 3. The number of carbonyl (C=O) groups is 3. The first kappa shape index (κ1) is 12.6. The van der Waals surface area contributed by atoms with Crippen molar-refractivity contribution in [1.29, 1.82) is 0 Å². The standard InChI is InChI=1S/C12H15N5O3/c1-17-7(18)4-6(12(17)20)14-11(19)10-8(13)9(15-16-10)5-2-3-5/h5-6H,2-4,13H2,1H3,(H,14,19)(H,15,16). The zero-order chi connectivity index (χ0) is 14.4. The van der Waals surface area contributed by atoms with Crippen LogP contribution in [0, 0.1) is 0 Å². The van der Waals surface area contributed by atoms with Gasteiger partial charge in [-0.2, -0.15) is 5.10 Å². The highest BCUT2D eigenvalue weighted by Crippen LogP contribution is 2.42. The van der Waals surface area contributed by atoms with E-state index in [1.54, 1.807) is 0 Å². The fourth-order valence-corrected chi connectivity index (χ4v) is 2.32. The van der Waals surface area contributed by atoms with Crippen LogP contribution in [-0.2, 0) is 9.59 Å². The zero-order valence-corrected chi connectivity index (χ0v) is 11.0. The highest BCUT2D eigenvalue weighted by atomic mass is 16.2. The van der Waals surface area contributed by atoms with Crippen molar-refractivity contribution >= 4 is 23.4 Å². The van der Waals surface area contributed by atoms with Crippen LogP contribution in [-0.4, -0.2) is 45.9 Å². The van der Waals surface area contributed by atoms with Gasteiger partial charge in [0, 0.05) is 13.0 Å². The third-order valence-corrected chi connectivity index (χ3v) is 3.72. The van der Waals surface area contributed by atoms with Crippen LogP contribution in [0.2, 0.25) is 0 Å². The quantitative estimate of drug-likeness (QED) is 0.634. The smallest absolute Gasteiger partial charge is 0.274 e. The van der Waals surface area contributed by atoms with Crippen molar-refractivity contribution in [3.8, 4) is 0 Å². The van der Waals surface area contributed by atoms with E-state index in [9.17, 15) is 14.4 Å². The molecule has 0 spiro atoms. The number of imide groups is 1. The molecular weight excluding hydrogens is 262 g/mol. The molecule has 0 bridgehead atoms. The van der Waals surface area contributed by atoms with Gasteiger partial charge in [0.05, 0.1) is 17.8 Å². The summed E-state index contributed by atoms with van der Waals surface area (Å²) in [6.45, 7) is 0. The second kappa shape index (κ2) is 4.32. The molecule has 1 saturated carbocycles. The van der Waals surface area contributed by atoms with Crippen molar-refractivity contribution in [3.63, 3.8) is 0 Å². The van der Waals surface area contributed by atoms with Crippen molar-refractivity contribution < 1.29 is 14.4 Å². The Hall–Kier alpha value is -2.38. The second-order valence-electron chi connectivity index (χ2n) is 5.20.